The maximum Gasteiger partial charge on any atom is 0.241 e. The van der Waals surface area contributed by atoms with Crippen LogP contribution < -0.4 is 11.1 Å². The third-order valence-corrected chi connectivity index (χ3v) is 2.88. The van der Waals surface area contributed by atoms with E-state index in [9.17, 15) is 9.59 Å². The molecule has 0 aliphatic carbocycles. The second-order valence-electron chi connectivity index (χ2n) is 4.39. The van der Waals surface area contributed by atoms with Crippen LogP contribution in [-0.2, 0) is 20.9 Å². The average Bonchev–Trinajstić information content (AvgIpc) is 2.85. The summed E-state index contributed by atoms with van der Waals surface area (Å²) in [5.74, 6) is -0.0800. The largest absolute Gasteiger partial charge is 0.378 e. The molecule has 1 aliphatic heterocycles. The number of nitrogens with two attached hydrogens (primary N) is 1. The number of carbonyl (C=O) groups is 2. The van der Waals surface area contributed by atoms with Gasteiger partial charge in [0.2, 0.25) is 17.8 Å². The van der Waals surface area contributed by atoms with Gasteiger partial charge >= 0.3 is 0 Å². The summed E-state index contributed by atoms with van der Waals surface area (Å²) >= 11 is 0. The molecule has 0 saturated carbocycles. The van der Waals surface area contributed by atoms with E-state index in [1.807, 2.05) is 0 Å². The molecule has 0 atom stereocenters. The first-order valence-electron chi connectivity index (χ1n) is 6.42. The molecule has 1 aliphatic rings. The van der Waals surface area contributed by atoms with Crippen molar-refractivity contribution < 1.29 is 14.3 Å². The summed E-state index contributed by atoms with van der Waals surface area (Å²) in [7, 11) is 0. The van der Waals surface area contributed by atoms with Crippen LogP contribution in [0.2, 0.25) is 0 Å². The molecule has 3 N–H and O–H groups in total. The third-order valence-electron chi connectivity index (χ3n) is 2.88. The van der Waals surface area contributed by atoms with Gasteiger partial charge in [-0.1, -0.05) is 0 Å². The molecule has 0 radical (unpaired) electrons. The Morgan fingerprint density at radius 2 is 2.15 bits per heavy atom. The van der Waals surface area contributed by atoms with Crippen LogP contribution in [0, 0.1) is 0 Å². The second kappa shape index (κ2) is 6.85. The van der Waals surface area contributed by atoms with Crippen LogP contribution in [0.25, 0.3) is 0 Å². The van der Waals surface area contributed by atoms with E-state index in [4.69, 9.17) is 10.5 Å². The van der Waals surface area contributed by atoms with Crippen molar-refractivity contribution in [1.82, 2.24) is 25.0 Å². The lowest BCUT2D eigenvalue weighted by Crippen LogP contribution is -2.42. The number of aromatic nitrogens is 3. The van der Waals surface area contributed by atoms with Crippen molar-refractivity contribution in [3.05, 3.63) is 6.33 Å². The molecule has 2 rings (SSSR count). The predicted octanol–water partition coefficient (Wildman–Crippen LogP) is -1.77. The van der Waals surface area contributed by atoms with E-state index in [0.717, 1.165) is 0 Å². The fraction of sp³-hybridized carbons (Fsp3) is 0.636. The summed E-state index contributed by atoms with van der Waals surface area (Å²) in [4.78, 5) is 28.9. The fourth-order valence-corrected chi connectivity index (χ4v) is 1.87. The van der Waals surface area contributed by atoms with Gasteiger partial charge < -0.3 is 20.7 Å². The van der Waals surface area contributed by atoms with Gasteiger partial charge in [-0.3, -0.25) is 9.59 Å². The molecule has 9 nitrogen and oxygen atoms in total. The van der Waals surface area contributed by atoms with E-state index >= 15 is 0 Å². The lowest BCUT2D eigenvalue weighted by Gasteiger charge is -2.26. The van der Waals surface area contributed by atoms with Crippen LogP contribution in [0.5, 0.6) is 0 Å². The van der Waals surface area contributed by atoms with Crippen LogP contribution in [0.3, 0.4) is 0 Å². The molecule has 1 fully saturated rings. The Kier molecular flexibility index (Phi) is 4.88. The van der Waals surface area contributed by atoms with Crippen molar-refractivity contribution in [2.45, 2.75) is 13.0 Å². The third kappa shape index (κ3) is 4.19. The van der Waals surface area contributed by atoms with Crippen molar-refractivity contribution >= 4 is 17.8 Å². The van der Waals surface area contributed by atoms with Crippen LogP contribution in [0.4, 0.5) is 5.95 Å². The summed E-state index contributed by atoms with van der Waals surface area (Å²) in [6.45, 7) is 2.73. The smallest absolute Gasteiger partial charge is 0.241 e. The van der Waals surface area contributed by atoms with Crippen molar-refractivity contribution in [3.63, 3.8) is 0 Å². The molecular weight excluding hydrogens is 264 g/mol. The highest BCUT2D eigenvalue weighted by atomic mass is 16.5. The van der Waals surface area contributed by atoms with Gasteiger partial charge in [0, 0.05) is 26.1 Å². The van der Waals surface area contributed by atoms with Crippen molar-refractivity contribution in [1.29, 1.82) is 0 Å². The standard InChI is InChI=1S/C11H18N6O3/c12-11-14-8-17(15-11)7-9(18)13-2-1-10(19)16-3-5-20-6-4-16/h8H,1-7H2,(H2,12,15)(H,13,18). The number of morpholine rings is 1. The van der Waals surface area contributed by atoms with Crippen LogP contribution >= 0.6 is 0 Å². The van der Waals surface area contributed by atoms with E-state index in [2.05, 4.69) is 15.4 Å². The van der Waals surface area contributed by atoms with Crippen LogP contribution in [0.1, 0.15) is 6.42 Å². The number of amides is 2. The minimum atomic E-state index is -0.232. The van der Waals surface area contributed by atoms with Gasteiger partial charge in [0.1, 0.15) is 12.9 Å². The minimum Gasteiger partial charge on any atom is -0.378 e. The van der Waals surface area contributed by atoms with Gasteiger partial charge in [-0.05, 0) is 0 Å². The number of hydrogen-bond acceptors (Lipinski definition) is 6. The zero-order valence-corrected chi connectivity index (χ0v) is 11.1. The Morgan fingerprint density at radius 3 is 2.80 bits per heavy atom. The molecule has 1 aromatic heterocycles. The quantitative estimate of drug-likeness (QED) is 0.660. The maximum absolute atomic E-state index is 11.8. The summed E-state index contributed by atoms with van der Waals surface area (Å²) in [5.41, 5.74) is 5.34. The summed E-state index contributed by atoms with van der Waals surface area (Å²) in [6.07, 6.45) is 1.67. The van der Waals surface area contributed by atoms with Crippen LogP contribution in [-0.4, -0.2) is 64.3 Å². The molecule has 2 amide bonds. The Labute approximate surface area is 116 Å². The highest BCUT2D eigenvalue weighted by Gasteiger charge is 2.16. The predicted molar refractivity (Wildman–Crippen MR) is 69.5 cm³/mol. The van der Waals surface area contributed by atoms with Crippen molar-refractivity contribution in [2.75, 3.05) is 38.6 Å². The van der Waals surface area contributed by atoms with E-state index in [1.165, 1.54) is 11.0 Å². The van der Waals surface area contributed by atoms with E-state index in [1.54, 1.807) is 4.90 Å². The normalized spacial score (nSPS) is 15.1. The van der Waals surface area contributed by atoms with Gasteiger partial charge in [0.25, 0.3) is 0 Å². The fourth-order valence-electron chi connectivity index (χ4n) is 1.87. The van der Waals surface area contributed by atoms with Gasteiger partial charge in [-0.15, -0.1) is 5.10 Å². The van der Waals surface area contributed by atoms with E-state index in [-0.39, 0.29) is 30.7 Å². The first kappa shape index (κ1) is 14.3. The first-order valence-corrected chi connectivity index (χ1v) is 6.42. The highest BCUT2D eigenvalue weighted by molar-refractivity contribution is 5.79. The molecule has 1 aromatic rings. The number of ether oxygens (including phenoxy) is 1. The summed E-state index contributed by atoms with van der Waals surface area (Å²) in [5, 5.41) is 6.46. The van der Waals surface area contributed by atoms with Gasteiger partial charge in [0.05, 0.1) is 13.2 Å². The Morgan fingerprint density at radius 1 is 1.40 bits per heavy atom. The van der Waals surface area contributed by atoms with Crippen molar-refractivity contribution in [2.24, 2.45) is 0 Å². The minimum absolute atomic E-state index is 0.0265. The lowest BCUT2D eigenvalue weighted by atomic mass is 10.3. The maximum atomic E-state index is 11.8. The molecule has 1 saturated heterocycles. The Balaban J connectivity index is 1.64. The van der Waals surface area contributed by atoms with E-state index in [0.29, 0.717) is 32.8 Å². The molecule has 20 heavy (non-hydrogen) atoms. The molecular formula is C11H18N6O3. The number of nitrogens with one attached hydrogen (secondary N) is 1. The molecule has 0 aromatic carbocycles. The first-order chi connectivity index (χ1) is 9.65. The summed E-state index contributed by atoms with van der Waals surface area (Å²) < 4.78 is 6.51. The second-order valence-corrected chi connectivity index (χ2v) is 4.39. The average molecular weight is 282 g/mol. The number of anilines is 1. The number of nitrogen functional groups attached to an aromatic ring is 1. The molecule has 0 spiro atoms. The Bertz CT molecular complexity index is 468. The SMILES string of the molecule is Nc1ncn(CC(=O)NCCC(=O)N2CCOCC2)n1. The van der Waals surface area contributed by atoms with E-state index < -0.39 is 0 Å². The zero-order chi connectivity index (χ0) is 14.4. The highest BCUT2D eigenvalue weighted by Crippen LogP contribution is 1.99. The van der Waals surface area contributed by atoms with Gasteiger partial charge in [0.15, 0.2) is 0 Å². The Hall–Kier alpha value is -2.16. The monoisotopic (exact) mass is 282 g/mol. The molecule has 9 heteroatoms. The van der Waals surface area contributed by atoms with Gasteiger partial charge in [-0.25, -0.2) is 9.67 Å². The van der Waals surface area contributed by atoms with Crippen LogP contribution in [0.15, 0.2) is 6.33 Å². The molecule has 2 heterocycles. The lowest BCUT2D eigenvalue weighted by molar-refractivity contribution is -0.135. The summed E-state index contributed by atoms with van der Waals surface area (Å²) in [6, 6.07) is 0. The topological polar surface area (TPSA) is 115 Å². The number of nitrogens with zero attached hydrogens (tertiary/aromatic N) is 4. The molecule has 110 valence electrons. The number of carbonyl (C=O) groups excluding carboxylic acids is 2. The molecule has 0 unspecified atom stereocenters. The zero-order valence-electron chi connectivity index (χ0n) is 11.1. The molecule has 0 bridgehead atoms. The van der Waals surface area contributed by atoms with Crippen molar-refractivity contribution in [3.8, 4) is 0 Å². The number of rotatable bonds is 5. The van der Waals surface area contributed by atoms with Gasteiger partial charge in [-0.2, -0.15) is 0 Å². The number of hydrogen-bond donors (Lipinski definition) is 2.